The van der Waals surface area contributed by atoms with Gasteiger partial charge < -0.3 is 20.9 Å². The third-order valence-electron chi connectivity index (χ3n) is 9.18. The number of rotatable bonds is 38. The number of aliphatic carboxylic acids is 1. The quantitative estimate of drug-likeness (QED) is 0.0327. The van der Waals surface area contributed by atoms with Crippen LogP contribution < -0.4 is 11.1 Å². The van der Waals surface area contributed by atoms with Gasteiger partial charge in [-0.25, -0.2) is 4.79 Å². The Morgan fingerprint density at radius 1 is 0.564 bits per heavy atom. The van der Waals surface area contributed by atoms with Crippen LogP contribution in [-0.2, 0) is 19.1 Å². The zero-order valence-corrected chi connectivity index (χ0v) is 35.0. The summed E-state index contributed by atoms with van der Waals surface area (Å²) in [6.07, 6.45) is 55.0. The monoisotopic (exact) mass is 765 g/mol. The van der Waals surface area contributed by atoms with Crippen molar-refractivity contribution in [2.75, 3.05) is 6.54 Å². The largest absolute Gasteiger partial charge is 0.480 e. The molecule has 2 atom stereocenters. The fourth-order valence-corrected chi connectivity index (χ4v) is 5.90. The first-order chi connectivity index (χ1) is 26.9. The molecule has 2 unspecified atom stereocenters. The number of carboxylic acids is 1. The molecule has 0 aromatic rings. The Balaban J connectivity index is 4.34. The standard InChI is InChI=1S/C48H80N2O5/c1-3-5-7-9-11-13-14-15-16-17-18-19-20-21-22-23-24-26-28-30-36-42-47(52)55-44(38-33-29-27-25-12-10-8-6-4-2)39-34-31-32-35-41-46(51)50-45(48(53)54)40-37-43-49/h5,7,11,13,15-16,18-19,21-22,25,27,33,38,44-45H,3-4,6,8-10,12,14,17,20,23-24,26,28-32,34-37,39-43,49H2,1-2H3,(H,50,51)(H,53,54)/b7-5-,13-11-,16-15-,19-18-,22-21-,27-25-,38-33-. The Kier molecular flexibility index (Phi) is 39.1. The molecule has 1 amide bonds. The fraction of sp³-hybridized carbons (Fsp3) is 0.646. The molecular weight excluding hydrogens is 685 g/mol. The molecule has 55 heavy (non-hydrogen) atoms. The Bertz CT molecular complexity index is 1130. The van der Waals surface area contributed by atoms with E-state index in [2.05, 4.69) is 98.2 Å². The van der Waals surface area contributed by atoms with E-state index in [9.17, 15) is 19.5 Å². The summed E-state index contributed by atoms with van der Waals surface area (Å²) in [7, 11) is 0. The lowest BCUT2D eigenvalue weighted by Gasteiger charge is -2.15. The summed E-state index contributed by atoms with van der Waals surface area (Å²) in [6.45, 7) is 4.78. The summed E-state index contributed by atoms with van der Waals surface area (Å²) in [6, 6.07) is -0.880. The van der Waals surface area contributed by atoms with Gasteiger partial charge in [0, 0.05) is 12.8 Å². The average Bonchev–Trinajstić information content (AvgIpc) is 3.17. The highest BCUT2D eigenvalue weighted by atomic mass is 16.5. The lowest BCUT2D eigenvalue weighted by molar-refractivity contribution is -0.147. The minimum atomic E-state index is -1.02. The van der Waals surface area contributed by atoms with Gasteiger partial charge in [-0.2, -0.15) is 0 Å². The highest BCUT2D eigenvalue weighted by Crippen LogP contribution is 2.15. The highest BCUT2D eigenvalue weighted by molar-refractivity contribution is 5.83. The van der Waals surface area contributed by atoms with E-state index >= 15 is 0 Å². The van der Waals surface area contributed by atoms with Crippen LogP contribution in [0.5, 0.6) is 0 Å². The molecule has 0 aromatic heterocycles. The molecule has 7 heteroatoms. The van der Waals surface area contributed by atoms with Gasteiger partial charge in [-0.1, -0.05) is 144 Å². The SMILES string of the molecule is CC/C=C\C/C=C\C/C=C\C/C=C\C/C=C\CCCCCCCC(=O)OC(/C=C\C/C=C\CCCCCC)CCCCCCC(=O)NC(CCCN)C(=O)O. The van der Waals surface area contributed by atoms with Crippen LogP contribution in [0.1, 0.15) is 181 Å². The van der Waals surface area contributed by atoms with E-state index in [1.807, 2.05) is 6.08 Å². The van der Waals surface area contributed by atoms with Crippen LogP contribution in [0, 0.1) is 0 Å². The number of unbranched alkanes of at least 4 members (excludes halogenated alkanes) is 12. The van der Waals surface area contributed by atoms with Gasteiger partial charge in [0.25, 0.3) is 0 Å². The summed E-state index contributed by atoms with van der Waals surface area (Å²) < 4.78 is 5.91. The van der Waals surface area contributed by atoms with Gasteiger partial charge in [0.2, 0.25) is 5.91 Å². The van der Waals surface area contributed by atoms with Crippen molar-refractivity contribution in [2.45, 2.75) is 193 Å². The lowest BCUT2D eigenvalue weighted by Crippen LogP contribution is -2.40. The van der Waals surface area contributed by atoms with Gasteiger partial charge in [0.05, 0.1) is 0 Å². The van der Waals surface area contributed by atoms with E-state index < -0.39 is 12.0 Å². The average molecular weight is 765 g/mol. The van der Waals surface area contributed by atoms with Gasteiger partial charge in [-0.05, 0) is 115 Å². The fourth-order valence-electron chi connectivity index (χ4n) is 5.90. The summed E-state index contributed by atoms with van der Waals surface area (Å²) in [5, 5.41) is 11.9. The number of nitrogens with two attached hydrogens (primary N) is 1. The number of carboxylic acid groups (broad SMARTS) is 1. The van der Waals surface area contributed by atoms with Crippen molar-refractivity contribution in [3.05, 3.63) is 85.1 Å². The highest BCUT2D eigenvalue weighted by Gasteiger charge is 2.19. The predicted octanol–water partition coefficient (Wildman–Crippen LogP) is 12.5. The number of allylic oxidation sites excluding steroid dienone is 13. The zero-order valence-electron chi connectivity index (χ0n) is 35.0. The molecule has 0 rings (SSSR count). The maximum absolute atomic E-state index is 12.7. The van der Waals surface area contributed by atoms with Crippen molar-refractivity contribution in [1.82, 2.24) is 5.32 Å². The number of esters is 1. The van der Waals surface area contributed by atoms with E-state index in [0.29, 0.717) is 38.6 Å². The van der Waals surface area contributed by atoms with Crippen LogP contribution in [0.3, 0.4) is 0 Å². The second kappa shape index (κ2) is 41.7. The number of carbonyl (C=O) groups is 3. The Labute approximate surface area is 336 Å². The van der Waals surface area contributed by atoms with Crippen LogP contribution >= 0.6 is 0 Å². The number of hydrogen-bond acceptors (Lipinski definition) is 5. The van der Waals surface area contributed by atoms with Crippen molar-refractivity contribution >= 4 is 17.8 Å². The minimum Gasteiger partial charge on any atom is -0.480 e. The van der Waals surface area contributed by atoms with Crippen LogP contribution in [0.15, 0.2) is 85.1 Å². The number of hydrogen-bond donors (Lipinski definition) is 3. The summed E-state index contributed by atoms with van der Waals surface area (Å²) in [5.74, 6) is -1.38. The van der Waals surface area contributed by atoms with Gasteiger partial charge in [-0.15, -0.1) is 0 Å². The van der Waals surface area contributed by atoms with Crippen molar-refractivity contribution < 1.29 is 24.2 Å². The minimum absolute atomic E-state index is 0.126. The molecule has 0 radical (unpaired) electrons. The van der Waals surface area contributed by atoms with E-state index in [-0.39, 0.29) is 18.0 Å². The molecule has 0 heterocycles. The van der Waals surface area contributed by atoms with E-state index in [4.69, 9.17) is 10.5 Å². The van der Waals surface area contributed by atoms with E-state index in [1.54, 1.807) is 0 Å². The van der Waals surface area contributed by atoms with Crippen molar-refractivity contribution in [3.8, 4) is 0 Å². The topological polar surface area (TPSA) is 119 Å². The zero-order chi connectivity index (χ0) is 40.3. The third-order valence-corrected chi connectivity index (χ3v) is 9.18. The second-order valence-electron chi connectivity index (χ2n) is 14.4. The molecule has 7 nitrogen and oxygen atoms in total. The Morgan fingerprint density at radius 3 is 1.62 bits per heavy atom. The maximum atomic E-state index is 12.7. The maximum Gasteiger partial charge on any atom is 0.326 e. The molecular formula is C48H80N2O5. The van der Waals surface area contributed by atoms with Crippen molar-refractivity contribution in [2.24, 2.45) is 5.73 Å². The number of nitrogens with one attached hydrogen (secondary N) is 1. The summed E-state index contributed by atoms with van der Waals surface area (Å²) in [5.41, 5.74) is 5.48. The Morgan fingerprint density at radius 2 is 1.05 bits per heavy atom. The molecule has 4 N–H and O–H groups in total. The van der Waals surface area contributed by atoms with Gasteiger partial charge in [0.15, 0.2) is 0 Å². The normalized spacial score (nSPS) is 13.5. The Hall–Kier alpha value is -3.45. The first-order valence-electron chi connectivity index (χ1n) is 21.9. The molecule has 0 aliphatic rings. The van der Waals surface area contributed by atoms with Crippen molar-refractivity contribution in [3.63, 3.8) is 0 Å². The molecule has 0 spiro atoms. The van der Waals surface area contributed by atoms with Crippen LogP contribution in [0.25, 0.3) is 0 Å². The van der Waals surface area contributed by atoms with E-state index in [1.165, 1.54) is 38.5 Å². The van der Waals surface area contributed by atoms with Gasteiger partial charge in [0.1, 0.15) is 12.1 Å². The number of carbonyl (C=O) groups excluding carboxylic acids is 2. The molecule has 0 bridgehead atoms. The van der Waals surface area contributed by atoms with Crippen LogP contribution in [0.2, 0.25) is 0 Å². The second-order valence-corrected chi connectivity index (χ2v) is 14.4. The number of ether oxygens (including phenoxy) is 1. The molecule has 0 saturated heterocycles. The lowest BCUT2D eigenvalue weighted by atomic mass is 10.1. The van der Waals surface area contributed by atoms with Gasteiger partial charge in [-0.3, -0.25) is 9.59 Å². The molecule has 0 saturated carbocycles. The smallest absolute Gasteiger partial charge is 0.326 e. The molecule has 0 aliphatic carbocycles. The molecule has 0 aliphatic heterocycles. The molecule has 0 fully saturated rings. The first kappa shape index (κ1) is 51.5. The predicted molar refractivity (Wildman–Crippen MR) is 234 cm³/mol. The first-order valence-corrected chi connectivity index (χ1v) is 21.9. The van der Waals surface area contributed by atoms with E-state index in [0.717, 1.165) is 96.3 Å². The summed E-state index contributed by atoms with van der Waals surface area (Å²) >= 11 is 0. The molecule has 312 valence electrons. The van der Waals surface area contributed by atoms with Crippen LogP contribution in [0.4, 0.5) is 0 Å². The number of amides is 1. The van der Waals surface area contributed by atoms with Gasteiger partial charge >= 0.3 is 11.9 Å². The van der Waals surface area contributed by atoms with Crippen LogP contribution in [-0.4, -0.2) is 41.6 Å². The van der Waals surface area contributed by atoms with Crippen molar-refractivity contribution in [1.29, 1.82) is 0 Å². The molecule has 0 aromatic carbocycles. The third kappa shape index (κ3) is 38.6. The summed E-state index contributed by atoms with van der Waals surface area (Å²) in [4.78, 5) is 36.4.